The highest BCUT2D eigenvalue weighted by atomic mass is 127. The topological polar surface area (TPSA) is 57.5 Å². The van der Waals surface area contributed by atoms with Crippen molar-refractivity contribution in [2.45, 2.75) is 47.3 Å². The summed E-state index contributed by atoms with van der Waals surface area (Å²) in [6, 6.07) is 8.76. The number of hydrogen-bond acceptors (Lipinski definition) is 3. The van der Waals surface area contributed by atoms with Gasteiger partial charge in [0.2, 0.25) is 0 Å². The van der Waals surface area contributed by atoms with E-state index in [0.717, 1.165) is 37.8 Å². The largest absolute Gasteiger partial charge is 0.352 e. The van der Waals surface area contributed by atoms with E-state index in [0.29, 0.717) is 6.54 Å². The van der Waals surface area contributed by atoms with Crippen LogP contribution in [0.3, 0.4) is 0 Å². The van der Waals surface area contributed by atoms with Gasteiger partial charge in [-0.25, -0.2) is 0 Å². The molecular weight excluding hydrogens is 463 g/mol. The van der Waals surface area contributed by atoms with Crippen LogP contribution >= 0.6 is 24.0 Å². The van der Waals surface area contributed by atoms with Gasteiger partial charge in [0, 0.05) is 45.0 Å². The van der Waals surface area contributed by atoms with Gasteiger partial charge in [-0.1, -0.05) is 38.1 Å². The highest BCUT2D eigenvalue weighted by molar-refractivity contribution is 14.0. The van der Waals surface area contributed by atoms with E-state index in [2.05, 4.69) is 70.7 Å². The molecule has 2 N–H and O–H groups in total. The Kier molecular flexibility index (Phi) is 10.5. The van der Waals surface area contributed by atoms with Crippen LogP contribution in [0.1, 0.15) is 41.9 Å². The number of aryl methyl sites for hydroxylation is 2. The first-order chi connectivity index (χ1) is 13.0. The van der Waals surface area contributed by atoms with Crippen LogP contribution in [0.15, 0.2) is 29.3 Å². The van der Waals surface area contributed by atoms with E-state index in [1.807, 2.05) is 18.7 Å². The van der Waals surface area contributed by atoms with Gasteiger partial charge in [-0.05, 0) is 38.1 Å². The SMILES string of the molecule is CCN(CC)Cc1cccc(CNC(=NC)NCc2c(C)nn(C)c2C)c1.I. The number of halogens is 1. The van der Waals surface area contributed by atoms with Crippen LogP contribution in [0, 0.1) is 13.8 Å². The monoisotopic (exact) mass is 498 g/mol. The Hall–Kier alpha value is -1.61. The average Bonchev–Trinajstić information content (AvgIpc) is 2.92. The van der Waals surface area contributed by atoms with Gasteiger partial charge in [0.15, 0.2) is 5.96 Å². The van der Waals surface area contributed by atoms with Crippen LogP contribution in [0.25, 0.3) is 0 Å². The van der Waals surface area contributed by atoms with Gasteiger partial charge in [0.05, 0.1) is 5.69 Å². The summed E-state index contributed by atoms with van der Waals surface area (Å²) in [6.07, 6.45) is 0. The molecule has 6 nitrogen and oxygen atoms in total. The molecule has 0 spiro atoms. The van der Waals surface area contributed by atoms with Gasteiger partial charge in [0.25, 0.3) is 0 Å². The Bertz CT molecular complexity index is 764. The zero-order valence-electron chi connectivity index (χ0n) is 18.0. The van der Waals surface area contributed by atoms with Crippen molar-refractivity contribution in [3.63, 3.8) is 0 Å². The summed E-state index contributed by atoms with van der Waals surface area (Å²) < 4.78 is 1.92. The molecule has 0 saturated heterocycles. The molecule has 1 aromatic carbocycles. The van der Waals surface area contributed by atoms with E-state index in [4.69, 9.17) is 0 Å². The highest BCUT2D eigenvalue weighted by Crippen LogP contribution is 2.11. The second-order valence-corrected chi connectivity index (χ2v) is 6.83. The van der Waals surface area contributed by atoms with Crippen molar-refractivity contribution in [2.75, 3.05) is 20.1 Å². The van der Waals surface area contributed by atoms with E-state index < -0.39 is 0 Å². The first-order valence-electron chi connectivity index (χ1n) is 9.72. The van der Waals surface area contributed by atoms with Crippen LogP contribution in [0.5, 0.6) is 0 Å². The minimum absolute atomic E-state index is 0. The molecule has 0 atom stereocenters. The summed E-state index contributed by atoms with van der Waals surface area (Å²) in [5.74, 6) is 0.798. The Balaban J connectivity index is 0.00000392. The van der Waals surface area contributed by atoms with Crippen LogP contribution < -0.4 is 10.6 Å². The standard InChI is InChI=1S/C21H34N6.HI/c1-7-27(8-2)15-19-11-9-10-18(12-19)13-23-21(22-5)24-14-20-16(3)25-26(6)17(20)4;/h9-12H,7-8,13-15H2,1-6H3,(H2,22,23,24);1H. The van der Waals surface area contributed by atoms with E-state index >= 15 is 0 Å². The van der Waals surface area contributed by atoms with Gasteiger partial charge in [0.1, 0.15) is 0 Å². The molecule has 7 heteroatoms. The number of aliphatic imine (C=N–C) groups is 1. The molecule has 0 saturated carbocycles. The third kappa shape index (κ3) is 6.77. The summed E-state index contributed by atoms with van der Waals surface area (Å²) >= 11 is 0. The maximum Gasteiger partial charge on any atom is 0.191 e. The second-order valence-electron chi connectivity index (χ2n) is 6.83. The molecule has 0 fully saturated rings. The quantitative estimate of drug-likeness (QED) is 0.333. The lowest BCUT2D eigenvalue weighted by Gasteiger charge is -2.18. The Morgan fingerprint density at radius 1 is 1.11 bits per heavy atom. The third-order valence-corrected chi connectivity index (χ3v) is 5.07. The molecule has 2 aromatic rings. The Morgan fingerprint density at radius 2 is 1.75 bits per heavy atom. The fraction of sp³-hybridized carbons (Fsp3) is 0.524. The van der Waals surface area contributed by atoms with Crippen LogP contribution in [-0.4, -0.2) is 40.8 Å². The summed E-state index contributed by atoms with van der Waals surface area (Å²) in [5, 5.41) is 11.3. The molecule has 2 rings (SSSR count). The number of guanidine groups is 1. The molecule has 0 aliphatic carbocycles. The molecule has 0 aliphatic heterocycles. The van der Waals surface area contributed by atoms with Crippen molar-refractivity contribution in [1.29, 1.82) is 0 Å². The van der Waals surface area contributed by atoms with Crippen LogP contribution in [0.2, 0.25) is 0 Å². The molecular formula is C21H35IN6. The van der Waals surface area contributed by atoms with Gasteiger partial charge in [-0.2, -0.15) is 5.10 Å². The molecule has 0 aliphatic rings. The van der Waals surface area contributed by atoms with Crippen molar-refractivity contribution in [3.8, 4) is 0 Å². The first-order valence-corrected chi connectivity index (χ1v) is 9.72. The molecule has 1 aromatic heterocycles. The summed E-state index contributed by atoms with van der Waals surface area (Å²) in [7, 11) is 3.78. The fourth-order valence-electron chi connectivity index (χ4n) is 3.20. The third-order valence-electron chi connectivity index (χ3n) is 5.07. The number of rotatable bonds is 8. The maximum atomic E-state index is 4.47. The van der Waals surface area contributed by atoms with E-state index in [-0.39, 0.29) is 24.0 Å². The van der Waals surface area contributed by atoms with Crippen molar-refractivity contribution in [2.24, 2.45) is 12.0 Å². The zero-order chi connectivity index (χ0) is 19.8. The molecule has 0 radical (unpaired) electrons. The van der Waals surface area contributed by atoms with Crippen molar-refractivity contribution >= 4 is 29.9 Å². The highest BCUT2D eigenvalue weighted by Gasteiger charge is 2.10. The van der Waals surface area contributed by atoms with Crippen molar-refractivity contribution < 1.29 is 0 Å². The van der Waals surface area contributed by atoms with Crippen molar-refractivity contribution in [1.82, 2.24) is 25.3 Å². The lowest BCUT2D eigenvalue weighted by Crippen LogP contribution is -2.36. The van der Waals surface area contributed by atoms with E-state index in [1.54, 1.807) is 7.05 Å². The first kappa shape index (κ1) is 24.4. The van der Waals surface area contributed by atoms with E-state index in [9.17, 15) is 0 Å². The zero-order valence-corrected chi connectivity index (χ0v) is 20.4. The number of nitrogens with one attached hydrogen (secondary N) is 2. The van der Waals surface area contributed by atoms with Crippen molar-refractivity contribution in [3.05, 3.63) is 52.3 Å². The summed E-state index contributed by atoms with van der Waals surface area (Å²) in [5.41, 5.74) is 6.07. The van der Waals surface area contributed by atoms with Gasteiger partial charge in [-0.3, -0.25) is 14.6 Å². The number of nitrogens with zero attached hydrogens (tertiary/aromatic N) is 4. The van der Waals surface area contributed by atoms with Crippen LogP contribution in [0.4, 0.5) is 0 Å². The van der Waals surface area contributed by atoms with E-state index in [1.165, 1.54) is 22.4 Å². The van der Waals surface area contributed by atoms with Gasteiger partial charge in [-0.15, -0.1) is 24.0 Å². The summed E-state index contributed by atoms with van der Waals surface area (Å²) in [4.78, 5) is 6.76. The Morgan fingerprint density at radius 3 is 2.32 bits per heavy atom. The average molecular weight is 498 g/mol. The number of benzene rings is 1. The maximum absolute atomic E-state index is 4.47. The Labute approximate surface area is 186 Å². The normalized spacial score (nSPS) is 11.5. The van der Waals surface area contributed by atoms with Gasteiger partial charge < -0.3 is 10.6 Å². The van der Waals surface area contributed by atoms with Crippen LogP contribution in [-0.2, 0) is 26.7 Å². The smallest absolute Gasteiger partial charge is 0.191 e. The minimum atomic E-state index is 0. The molecule has 28 heavy (non-hydrogen) atoms. The molecule has 156 valence electrons. The summed E-state index contributed by atoms with van der Waals surface area (Å²) in [6.45, 7) is 13.1. The van der Waals surface area contributed by atoms with Gasteiger partial charge >= 0.3 is 0 Å². The number of hydrogen-bond donors (Lipinski definition) is 2. The second kappa shape index (κ2) is 12.1. The molecule has 0 bridgehead atoms. The lowest BCUT2D eigenvalue weighted by atomic mass is 10.1. The predicted octanol–water partition coefficient (Wildman–Crippen LogP) is 3.36. The lowest BCUT2D eigenvalue weighted by molar-refractivity contribution is 0.296. The minimum Gasteiger partial charge on any atom is -0.352 e. The predicted molar refractivity (Wildman–Crippen MR) is 128 cm³/mol. The molecule has 0 unspecified atom stereocenters. The molecule has 1 heterocycles. The fourth-order valence-corrected chi connectivity index (χ4v) is 3.20. The molecule has 0 amide bonds. The number of aromatic nitrogens is 2.